The van der Waals surface area contributed by atoms with Gasteiger partial charge in [-0.15, -0.1) is 5.10 Å². The molecule has 5 rings (SSSR count). The standard InChI is InChI=1S/C18H21N7/c19-7-13-9-24(10-13)8-12-1-3-14(4-2-12)16-17-15-5-6-20-18(15)21-11-25(17)23-22-16/h5-6,11-14,20H,1-4,8-10H2. The molecule has 0 bridgehead atoms. The average molecular weight is 335 g/mol. The van der Waals surface area contributed by atoms with Crippen LogP contribution in [0.2, 0.25) is 0 Å². The van der Waals surface area contributed by atoms with E-state index in [0.717, 1.165) is 47.8 Å². The summed E-state index contributed by atoms with van der Waals surface area (Å²) < 4.78 is 1.81. The van der Waals surface area contributed by atoms with Gasteiger partial charge in [0, 0.05) is 37.1 Å². The van der Waals surface area contributed by atoms with Crippen LogP contribution in [0.1, 0.15) is 37.3 Å². The first-order valence-electron chi connectivity index (χ1n) is 9.11. The summed E-state index contributed by atoms with van der Waals surface area (Å²) in [5, 5.41) is 18.8. The van der Waals surface area contributed by atoms with Gasteiger partial charge in [0.05, 0.1) is 17.7 Å². The minimum atomic E-state index is 0.261. The van der Waals surface area contributed by atoms with E-state index < -0.39 is 0 Å². The third-order valence-electron chi connectivity index (χ3n) is 5.89. The van der Waals surface area contributed by atoms with Gasteiger partial charge in [-0.2, -0.15) is 5.26 Å². The minimum absolute atomic E-state index is 0.261. The molecule has 0 aromatic carbocycles. The molecule has 4 heterocycles. The van der Waals surface area contributed by atoms with E-state index in [1.807, 2.05) is 6.20 Å². The van der Waals surface area contributed by atoms with E-state index >= 15 is 0 Å². The van der Waals surface area contributed by atoms with Crippen molar-refractivity contribution < 1.29 is 0 Å². The molecule has 2 fully saturated rings. The number of nitriles is 1. The van der Waals surface area contributed by atoms with E-state index in [9.17, 15) is 0 Å². The smallest absolute Gasteiger partial charge is 0.141 e. The number of likely N-dealkylation sites (tertiary alicyclic amines) is 1. The van der Waals surface area contributed by atoms with Gasteiger partial charge in [-0.05, 0) is 37.7 Å². The Morgan fingerprint density at radius 1 is 1.24 bits per heavy atom. The third kappa shape index (κ3) is 2.48. The van der Waals surface area contributed by atoms with Crippen molar-refractivity contribution in [2.75, 3.05) is 19.6 Å². The molecule has 1 saturated carbocycles. The average Bonchev–Trinajstić information content (AvgIpc) is 3.24. The van der Waals surface area contributed by atoms with Crippen molar-refractivity contribution in [3.8, 4) is 6.07 Å². The van der Waals surface area contributed by atoms with Gasteiger partial charge in [-0.25, -0.2) is 9.50 Å². The lowest BCUT2D eigenvalue weighted by atomic mass is 9.79. The Kier molecular flexibility index (Phi) is 3.45. The Morgan fingerprint density at radius 2 is 2.08 bits per heavy atom. The Labute approximate surface area is 145 Å². The van der Waals surface area contributed by atoms with E-state index in [0.29, 0.717) is 5.92 Å². The van der Waals surface area contributed by atoms with Gasteiger partial charge < -0.3 is 9.88 Å². The number of H-pyrrole nitrogens is 1. The summed E-state index contributed by atoms with van der Waals surface area (Å²) in [6.07, 6.45) is 8.47. The lowest BCUT2D eigenvalue weighted by Gasteiger charge is -2.39. The molecule has 0 spiro atoms. The van der Waals surface area contributed by atoms with E-state index in [1.165, 1.54) is 25.7 Å². The summed E-state index contributed by atoms with van der Waals surface area (Å²) >= 11 is 0. The summed E-state index contributed by atoms with van der Waals surface area (Å²) in [6, 6.07) is 4.42. The Hall–Kier alpha value is -2.46. The second kappa shape index (κ2) is 5.81. The number of hydrogen-bond acceptors (Lipinski definition) is 5. The number of nitrogens with zero attached hydrogens (tertiary/aromatic N) is 6. The van der Waals surface area contributed by atoms with E-state index in [1.54, 1.807) is 10.8 Å². The van der Waals surface area contributed by atoms with Crippen molar-refractivity contribution in [3.05, 3.63) is 24.3 Å². The number of fused-ring (bicyclic) bond motifs is 3. The van der Waals surface area contributed by atoms with Crippen LogP contribution in [-0.4, -0.2) is 49.3 Å². The fourth-order valence-electron chi connectivity index (χ4n) is 4.48. The molecule has 1 aliphatic heterocycles. The molecule has 25 heavy (non-hydrogen) atoms. The second-order valence-electron chi connectivity index (χ2n) is 7.51. The monoisotopic (exact) mass is 335 g/mol. The van der Waals surface area contributed by atoms with Crippen molar-refractivity contribution in [3.63, 3.8) is 0 Å². The number of hydrogen-bond donors (Lipinski definition) is 1. The molecule has 2 aliphatic rings. The molecule has 7 nitrogen and oxygen atoms in total. The maximum Gasteiger partial charge on any atom is 0.141 e. The molecule has 128 valence electrons. The highest BCUT2D eigenvalue weighted by atomic mass is 15.4. The number of aromatic amines is 1. The zero-order valence-electron chi connectivity index (χ0n) is 14.1. The van der Waals surface area contributed by atoms with Crippen molar-refractivity contribution in [1.82, 2.24) is 29.7 Å². The minimum Gasteiger partial charge on any atom is -0.346 e. The topological polar surface area (TPSA) is 85.9 Å². The first kappa shape index (κ1) is 14.8. The van der Waals surface area contributed by atoms with Crippen LogP contribution in [0, 0.1) is 23.2 Å². The van der Waals surface area contributed by atoms with Crippen LogP contribution >= 0.6 is 0 Å². The lowest BCUT2D eigenvalue weighted by Crippen LogP contribution is -2.48. The van der Waals surface area contributed by atoms with Crippen molar-refractivity contribution in [2.45, 2.75) is 31.6 Å². The number of nitrogens with one attached hydrogen (secondary N) is 1. The quantitative estimate of drug-likeness (QED) is 0.794. The number of rotatable bonds is 3. The van der Waals surface area contributed by atoms with Gasteiger partial charge in [-0.1, -0.05) is 5.21 Å². The van der Waals surface area contributed by atoms with Gasteiger partial charge in [0.1, 0.15) is 17.5 Å². The molecule has 3 aromatic heterocycles. The van der Waals surface area contributed by atoms with Crippen LogP contribution in [0.3, 0.4) is 0 Å². The van der Waals surface area contributed by atoms with E-state index in [4.69, 9.17) is 5.26 Å². The zero-order chi connectivity index (χ0) is 16.8. The Morgan fingerprint density at radius 3 is 2.88 bits per heavy atom. The molecule has 1 saturated heterocycles. The summed E-state index contributed by atoms with van der Waals surface area (Å²) in [5.74, 6) is 1.50. The SMILES string of the molecule is N#CC1CN(CC2CCC(c3nnn4cnc5[nH]ccc5c34)CC2)C1. The van der Waals surface area contributed by atoms with Crippen LogP contribution in [0.25, 0.3) is 16.6 Å². The molecule has 0 amide bonds. The lowest BCUT2D eigenvalue weighted by molar-refractivity contribution is 0.0985. The highest BCUT2D eigenvalue weighted by molar-refractivity contribution is 5.92. The van der Waals surface area contributed by atoms with Gasteiger partial charge in [0.15, 0.2) is 0 Å². The highest BCUT2D eigenvalue weighted by Gasteiger charge is 2.31. The maximum absolute atomic E-state index is 8.90. The van der Waals surface area contributed by atoms with Crippen LogP contribution in [0.5, 0.6) is 0 Å². The molecule has 3 aromatic rings. The van der Waals surface area contributed by atoms with Gasteiger partial charge >= 0.3 is 0 Å². The van der Waals surface area contributed by atoms with Gasteiger partial charge in [0.2, 0.25) is 0 Å². The summed E-state index contributed by atoms with van der Waals surface area (Å²) in [5.41, 5.74) is 3.13. The van der Waals surface area contributed by atoms with Crippen LogP contribution in [0.15, 0.2) is 18.6 Å². The van der Waals surface area contributed by atoms with Crippen molar-refractivity contribution >= 4 is 16.6 Å². The van der Waals surface area contributed by atoms with Crippen LogP contribution < -0.4 is 0 Å². The van der Waals surface area contributed by atoms with E-state index in [-0.39, 0.29) is 5.92 Å². The molecule has 0 radical (unpaired) electrons. The molecule has 1 aliphatic carbocycles. The highest BCUT2D eigenvalue weighted by Crippen LogP contribution is 2.38. The molecule has 1 N–H and O–H groups in total. The van der Waals surface area contributed by atoms with Crippen molar-refractivity contribution in [1.29, 1.82) is 5.26 Å². The molecule has 0 atom stereocenters. The number of aromatic nitrogens is 5. The molecule has 7 heteroatoms. The molecular weight excluding hydrogens is 314 g/mol. The molecule has 0 unspecified atom stereocenters. The zero-order valence-corrected chi connectivity index (χ0v) is 14.1. The Bertz CT molecular complexity index is 935. The fraction of sp³-hybridized carbons (Fsp3) is 0.556. The van der Waals surface area contributed by atoms with Gasteiger partial charge in [0.25, 0.3) is 0 Å². The predicted molar refractivity (Wildman–Crippen MR) is 92.9 cm³/mol. The summed E-state index contributed by atoms with van der Waals surface area (Å²) in [6.45, 7) is 3.08. The van der Waals surface area contributed by atoms with Crippen LogP contribution in [0.4, 0.5) is 0 Å². The maximum atomic E-state index is 8.90. The Balaban J connectivity index is 1.30. The largest absolute Gasteiger partial charge is 0.346 e. The predicted octanol–water partition coefficient (Wildman–Crippen LogP) is 2.33. The summed E-state index contributed by atoms with van der Waals surface area (Å²) in [7, 11) is 0. The van der Waals surface area contributed by atoms with Crippen molar-refractivity contribution in [2.24, 2.45) is 11.8 Å². The molecular formula is C18H21N7. The fourth-order valence-corrected chi connectivity index (χ4v) is 4.48. The first-order valence-corrected chi connectivity index (χ1v) is 9.11. The summed E-state index contributed by atoms with van der Waals surface area (Å²) in [4.78, 5) is 9.98. The van der Waals surface area contributed by atoms with Gasteiger partial charge in [-0.3, -0.25) is 0 Å². The van der Waals surface area contributed by atoms with E-state index in [2.05, 4.69) is 37.3 Å². The second-order valence-corrected chi connectivity index (χ2v) is 7.51. The first-order chi connectivity index (χ1) is 12.3. The third-order valence-corrected chi connectivity index (χ3v) is 5.89. The van der Waals surface area contributed by atoms with Crippen LogP contribution in [-0.2, 0) is 0 Å². The normalized spacial score (nSPS) is 25.2.